The van der Waals surface area contributed by atoms with Gasteiger partial charge in [0.25, 0.3) is 0 Å². The van der Waals surface area contributed by atoms with Crippen LogP contribution in [0.25, 0.3) is 0 Å². The van der Waals surface area contributed by atoms with Gasteiger partial charge in [-0.15, -0.1) is 0 Å². The van der Waals surface area contributed by atoms with Crippen LogP contribution in [0.4, 0.5) is 0 Å². The summed E-state index contributed by atoms with van der Waals surface area (Å²) >= 11 is 0. The summed E-state index contributed by atoms with van der Waals surface area (Å²) in [5.41, 5.74) is 0. The lowest BCUT2D eigenvalue weighted by molar-refractivity contribution is -0.153. The summed E-state index contributed by atoms with van der Waals surface area (Å²) in [6.45, 7) is 1.98. The number of phosphoric acid groups is 1. The Balaban J connectivity index is 3.95. The maximum atomic E-state index is 12.2. The summed E-state index contributed by atoms with van der Waals surface area (Å²) in [7, 11) is -4.62. The van der Waals surface area contributed by atoms with Crippen LogP contribution in [-0.2, 0) is 32.7 Å². The number of unbranched alkanes of at least 4 members (excludes halogenated alkanes) is 12. The van der Waals surface area contributed by atoms with Gasteiger partial charge in [-0.25, -0.2) is 4.57 Å². The van der Waals surface area contributed by atoms with E-state index in [0.717, 1.165) is 70.6 Å². The van der Waals surface area contributed by atoms with Crippen LogP contribution in [-0.4, -0.2) is 65.7 Å². The predicted molar refractivity (Wildman–Crippen MR) is 182 cm³/mol. The number of aliphatic hydroxyl groups excluding tert-OH is 2. The third-order valence-corrected chi connectivity index (χ3v) is 8.06. The quantitative estimate of drug-likeness (QED) is 0.0277. The predicted octanol–water partition coefficient (Wildman–Crippen LogP) is 8.05. The van der Waals surface area contributed by atoms with E-state index in [0.29, 0.717) is 12.8 Å². The second-order valence-corrected chi connectivity index (χ2v) is 13.0. The maximum absolute atomic E-state index is 12.2. The Morgan fingerprint density at radius 2 is 0.957 bits per heavy atom. The Kier molecular flexibility index (Phi) is 30.5. The van der Waals surface area contributed by atoms with Crippen molar-refractivity contribution in [1.29, 1.82) is 0 Å². The van der Waals surface area contributed by atoms with Gasteiger partial charge in [0, 0.05) is 12.8 Å². The lowest BCUT2D eigenvalue weighted by Crippen LogP contribution is -2.28. The Morgan fingerprint density at radius 1 is 0.587 bits per heavy atom. The number of carbonyl (C=O) groups excluding carboxylic acids is 2. The van der Waals surface area contributed by atoms with Gasteiger partial charge in [-0.3, -0.25) is 18.6 Å². The first kappa shape index (κ1) is 44.2. The average Bonchev–Trinajstić information content (AvgIpc) is 3.04. The van der Waals surface area contributed by atoms with Crippen molar-refractivity contribution >= 4 is 19.8 Å². The fourth-order valence-electron chi connectivity index (χ4n) is 4.35. The minimum atomic E-state index is -4.62. The molecule has 0 amide bonds. The smallest absolute Gasteiger partial charge is 0.457 e. The van der Waals surface area contributed by atoms with Crippen LogP contribution in [0.1, 0.15) is 136 Å². The van der Waals surface area contributed by atoms with Crippen molar-refractivity contribution in [2.75, 3.05) is 26.4 Å². The molecule has 0 fully saturated rings. The van der Waals surface area contributed by atoms with E-state index in [1.807, 2.05) is 0 Å². The number of hydrogen-bond donors (Lipinski definition) is 3. The van der Waals surface area contributed by atoms with Gasteiger partial charge in [0.2, 0.25) is 0 Å². The zero-order valence-electron chi connectivity index (χ0n) is 28.5. The Bertz CT molecular complexity index is 873. The van der Waals surface area contributed by atoms with Crippen LogP contribution in [0.5, 0.6) is 0 Å². The fraction of sp³-hybridized carbons (Fsp3) is 0.771. The largest absolute Gasteiger partial charge is 0.472 e. The van der Waals surface area contributed by atoms with E-state index in [9.17, 15) is 29.3 Å². The third kappa shape index (κ3) is 29.6. The van der Waals surface area contributed by atoms with E-state index in [4.69, 9.17) is 18.5 Å². The van der Waals surface area contributed by atoms with Crippen LogP contribution >= 0.6 is 7.82 Å². The first-order valence-corrected chi connectivity index (χ1v) is 18.9. The van der Waals surface area contributed by atoms with Crippen LogP contribution < -0.4 is 0 Å². The number of carbonyl (C=O) groups is 2. The molecule has 0 aromatic carbocycles. The van der Waals surface area contributed by atoms with Crippen molar-refractivity contribution < 1.29 is 47.8 Å². The summed E-state index contributed by atoms with van der Waals surface area (Å²) < 4.78 is 32.1. The molecule has 11 heteroatoms. The summed E-state index contributed by atoms with van der Waals surface area (Å²) in [4.78, 5) is 33.9. The van der Waals surface area contributed by atoms with E-state index >= 15 is 0 Å². The van der Waals surface area contributed by atoms with Crippen molar-refractivity contribution in [3.05, 3.63) is 36.5 Å². The zero-order valence-corrected chi connectivity index (χ0v) is 29.4. The van der Waals surface area contributed by atoms with Crippen molar-refractivity contribution in [2.24, 2.45) is 0 Å². The Morgan fingerprint density at radius 3 is 1.41 bits per heavy atom. The topological polar surface area (TPSA) is 149 Å². The second kappa shape index (κ2) is 31.8. The molecule has 3 N–H and O–H groups in total. The van der Waals surface area contributed by atoms with Crippen molar-refractivity contribution in [2.45, 2.75) is 148 Å². The second-order valence-electron chi connectivity index (χ2n) is 11.5. The maximum Gasteiger partial charge on any atom is 0.472 e. The van der Waals surface area contributed by atoms with E-state index in [2.05, 4.69) is 50.3 Å². The summed E-state index contributed by atoms with van der Waals surface area (Å²) in [6.07, 6.45) is 29.1. The van der Waals surface area contributed by atoms with Gasteiger partial charge in [-0.2, -0.15) is 0 Å². The fourth-order valence-corrected chi connectivity index (χ4v) is 5.14. The minimum absolute atomic E-state index is 0.177. The molecule has 0 aliphatic heterocycles. The highest BCUT2D eigenvalue weighted by Crippen LogP contribution is 2.43. The molecule has 3 atom stereocenters. The molecule has 10 nitrogen and oxygen atoms in total. The van der Waals surface area contributed by atoms with E-state index in [1.54, 1.807) is 0 Å². The van der Waals surface area contributed by atoms with Crippen molar-refractivity contribution in [3.8, 4) is 0 Å². The molecule has 0 saturated carbocycles. The molecule has 46 heavy (non-hydrogen) atoms. The van der Waals surface area contributed by atoms with E-state index in [1.165, 1.54) is 25.7 Å². The molecule has 0 bridgehead atoms. The molecule has 0 aliphatic carbocycles. The number of allylic oxidation sites excluding steroid dienone is 6. The van der Waals surface area contributed by atoms with Gasteiger partial charge in [0.1, 0.15) is 12.2 Å². The monoisotopic (exact) mass is 674 g/mol. The van der Waals surface area contributed by atoms with Crippen LogP contribution in [0.2, 0.25) is 0 Å². The highest BCUT2D eigenvalue weighted by molar-refractivity contribution is 7.47. The highest BCUT2D eigenvalue weighted by atomic mass is 31.2. The Hall–Kier alpha value is -1.81. The molecule has 0 heterocycles. The molecular formula is C35H63O10P. The third-order valence-electron chi connectivity index (χ3n) is 7.11. The van der Waals surface area contributed by atoms with Gasteiger partial charge in [-0.1, -0.05) is 108 Å². The Labute approximate surface area is 278 Å². The number of hydrogen-bond acceptors (Lipinski definition) is 9. The molecule has 268 valence electrons. The number of esters is 2. The van der Waals surface area contributed by atoms with Gasteiger partial charge in [0.05, 0.1) is 26.4 Å². The first-order chi connectivity index (χ1) is 22.3. The van der Waals surface area contributed by atoms with Gasteiger partial charge >= 0.3 is 19.8 Å². The zero-order chi connectivity index (χ0) is 34.1. The SMILES string of the molecule is CCCCC/C=C\C/C=C\C/C=C\CCCCCCCCC(=O)OC(CO)COP(=O)(O)OCC(CO)OC(=O)CCCCCC. The van der Waals surface area contributed by atoms with Crippen LogP contribution in [0.3, 0.4) is 0 Å². The lowest BCUT2D eigenvalue weighted by atomic mass is 10.1. The molecule has 0 rings (SSSR count). The average molecular weight is 675 g/mol. The molecule has 0 spiro atoms. The number of ether oxygens (including phenoxy) is 2. The summed E-state index contributed by atoms with van der Waals surface area (Å²) in [5, 5.41) is 18.9. The molecule has 0 saturated heterocycles. The summed E-state index contributed by atoms with van der Waals surface area (Å²) in [5.74, 6) is -1.05. The van der Waals surface area contributed by atoms with Crippen molar-refractivity contribution in [3.63, 3.8) is 0 Å². The normalized spacial score (nSPS) is 14.6. The molecule has 0 radical (unpaired) electrons. The van der Waals surface area contributed by atoms with E-state index in [-0.39, 0.29) is 12.8 Å². The highest BCUT2D eigenvalue weighted by Gasteiger charge is 2.27. The van der Waals surface area contributed by atoms with Crippen LogP contribution in [0.15, 0.2) is 36.5 Å². The molecule has 0 aromatic rings. The molecule has 0 aromatic heterocycles. The molecular weight excluding hydrogens is 611 g/mol. The van der Waals surface area contributed by atoms with Gasteiger partial charge < -0.3 is 24.6 Å². The van der Waals surface area contributed by atoms with Gasteiger partial charge in [0.15, 0.2) is 0 Å². The molecule has 0 aliphatic rings. The minimum Gasteiger partial charge on any atom is -0.457 e. The lowest BCUT2D eigenvalue weighted by Gasteiger charge is -2.20. The number of aliphatic hydroxyl groups is 2. The van der Waals surface area contributed by atoms with E-state index < -0.39 is 58.4 Å². The summed E-state index contributed by atoms with van der Waals surface area (Å²) in [6, 6.07) is 0. The standard InChI is InChI=1S/C35H63O10P/c1-3-5-7-9-10-11-12-13-14-15-16-17-18-19-20-21-22-23-25-27-35(39)45-33(29-37)31-43-46(40,41)42-30-32(28-36)44-34(38)26-24-8-6-4-2/h10-11,13-14,16-17,32-33,36-37H,3-9,12,15,18-31H2,1-2H3,(H,40,41)/b11-10-,14-13-,17-16-. The van der Waals surface area contributed by atoms with Gasteiger partial charge in [-0.05, 0) is 51.4 Å². The van der Waals surface area contributed by atoms with Crippen LogP contribution in [0, 0.1) is 0 Å². The van der Waals surface area contributed by atoms with Crippen molar-refractivity contribution in [1.82, 2.24) is 0 Å². The first-order valence-electron chi connectivity index (χ1n) is 17.4. The molecule has 3 unspecified atom stereocenters. The number of rotatable bonds is 32. The number of phosphoric ester groups is 1.